The summed E-state index contributed by atoms with van der Waals surface area (Å²) in [5.74, 6) is 0.489. The standard InChI is InChI=1S/C20H26N4O/c1-4-17-10-5-6-11-24(17)20-21-15(3)13-18(23-20)19(25)22-16-9-7-8-14(2)12-16/h7-9,12-13,17H,4-6,10-11H2,1-3H3,(H,22,25). The van der Waals surface area contributed by atoms with Crippen molar-refractivity contribution in [1.82, 2.24) is 9.97 Å². The fraction of sp³-hybridized carbons (Fsp3) is 0.450. The van der Waals surface area contributed by atoms with Crippen LogP contribution in [0.2, 0.25) is 0 Å². The van der Waals surface area contributed by atoms with Crippen molar-refractivity contribution in [3.63, 3.8) is 0 Å². The largest absolute Gasteiger partial charge is 0.338 e. The topological polar surface area (TPSA) is 58.1 Å². The first-order valence-corrected chi connectivity index (χ1v) is 9.07. The Balaban J connectivity index is 1.84. The van der Waals surface area contributed by atoms with Crippen molar-refractivity contribution in [2.75, 3.05) is 16.8 Å². The molecule has 1 aromatic carbocycles. The van der Waals surface area contributed by atoms with E-state index in [-0.39, 0.29) is 5.91 Å². The number of hydrogen-bond acceptors (Lipinski definition) is 4. The lowest BCUT2D eigenvalue weighted by Gasteiger charge is -2.35. The van der Waals surface area contributed by atoms with Crippen molar-refractivity contribution in [2.24, 2.45) is 0 Å². The summed E-state index contributed by atoms with van der Waals surface area (Å²) in [6, 6.07) is 9.98. The van der Waals surface area contributed by atoms with Crippen LogP contribution in [0.5, 0.6) is 0 Å². The van der Waals surface area contributed by atoms with Gasteiger partial charge in [0.05, 0.1) is 0 Å². The zero-order valence-electron chi connectivity index (χ0n) is 15.2. The van der Waals surface area contributed by atoms with E-state index in [0.717, 1.165) is 36.3 Å². The van der Waals surface area contributed by atoms with Crippen LogP contribution in [0, 0.1) is 13.8 Å². The van der Waals surface area contributed by atoms with Crippen LogP contribution in [-0.2, 0) is 0 Å². The highest BCUT2D eigenvalue weighted by molar-refractivity contribution is 6.03. The van der Waals surface area contributed by atoms with E-state index in [1.807, 2.05) is 38.1 Å². The van der Waals surface area contributed by atoms with Crippen molar-refractivity contribution in [3.8, 4) is 0 Å². The average molecular weight is 338 g/mol. The fourth-order valence-electron chi connectivity index (χ4n) is 3.40. The molecule has 1 atom stereocenters. The highest BCUT2D eigenvalue weighted by Gasteiger charge is 2.24. The lowest BCUT2D eigenvalue weighted by Crippen LogP contribution is -2.40. The molecule has 25 heavy (non-hydrogen) atoms. The smallest absolute Gasteiger partial charge is 0.274 e. The second kappa shape index (κ2) is 7.64. The second-order valence-corrected chi connectivity index (χ2v) is 6.77. The SMILES string of the molecule is CCC1CCCCN1c1nc(C)cc(C(=O)Nc2cccc(C)c2)n1. The van der Waals surface area contributed by atoms with Crippen LogP contribution in [0.1, 0.15) is 54.4 Å². The van der Waals surface area contributed by atoms with Gasteiger partial charge in [-0.2, -0.15) is 0 Å². The van der Waals surface area contributed by atoms with E-state index < -0.39 is 0 Å². The van der Waals surface area contributed by atoms with Gasteiger partial charge in [0, 0.05) is 24.0 Å². The van der Waals surface area contributed by atoms with Gasteiger partial charge >= 0.3 is 0 Å². The maximum atomic E-state index is 12.6. The molecule has 5 nitrogen and oxygen atoms in total. The normalized spacial score (nSPS) is 17.4. The van der Waals surface area contributed by atoms with Crippen LogP contribution >= 0.6 is 0 Å². The molecule has 1 unspecified atom stereocenters. The molecule has 5 heteroatoms. The van der Waals surface area contributed by atoms with E-state index in [1.54, 1.807) is 6.07 Å². The molecule has 1 N–H and O–H groups in total. The van der Waals surface area contributed by atoms with E-state index in [1.165, 1.54) is 12.8 Å². The Morgan fingerprint density at radius 3 is 2.84 bits per heavy atom. The van der Waals surface area contributed by atoms with E-state index >= 15 is 0 Å². The number of piperidine rings is 1. The summed E-state index contributed by atoms with van der Waals surface area (Å²) in [6.07, 6.45) is 4.64. The van der Waals surface area contributed by atoms with E-state index in [0.29, 0.717) is 17.7 Å². The van der Waals surface area contributed by atoms with Crippen LogP contribution in [0.25, 0.3) is 0 Å². The summed E-state index contributed by atoms with van der Waals surface area (Å²) in [7, 11) is 0. The molecule has 0 spiro atoms. The van der Waals surface area contributed by atoms with E-state index in [4.69, 9.17) is 0 Å². The molecular formula is C20H26N4O. The minimum Gasteiger partial charge on any atom is -0.338 e. The van der Waals surface area contributed by atoms with Crippen LogP contribution in [-0.4, -0.2) is 28.5 Å². The lowest BCUT2D eigenvalue weighted by molar-refractivity contribution is 0.102. The number of aromatic nitrogens is 2. The maximum Gasteiger partial charge on any atom is 0.274 e. The third-order valence-electron chi connectivity index (χ3n) is 4.71. The van der Waals surface area contributed by atoms with Gasteiger partial charge < -0.3 is 10.2 Å². The molecule has 132 valence electrons. The van der Waals surface area contributed by atoms with Gasteiger partial charge in [0.25, 0.3) is 5.91 Å². The van der Waals surface area contributed by atoms with Gasteiger partial charge in [0.1, 0.15) is 5.69 Å². The number of nitrogens with one attached hydrogen (secondary N) is 1. The summed E-state index contributed by atoms with van der Waals surface area (Å²) in [4.78, 5) is 24.1. The minimum absolute atomic E-state index is 0.192. The predicted molar refractivity (Wildman–Crippen MR) is 101 cm³/mol. The molecule has 0 saturated carbocycles. The first-order chi connectivity index (χ1) is 12.1. The van der Waals surface area contributed by atoms with Crippen LogP contribution in [0.3, 0.4) is 0 Å². The van der Waals surface area contributed by atoms with Crippen molar-refractivity contribution in [1.29, 1.82) is 0 Å². The van der Waals surface area contributed by atoms with Crippen molar-refractivity contribution in [2.45, 2.75) is 52.5 Å². The summed E-state index contributed by atoms with van der Waals surface area (Å²) in [5, 5.41) is 2.93. The molecule has 1 amide bonds. The number of benzene rings is 1. The molecule has 2 heterocycles. The van der Waals surface area contributed by atoms with Crippen molar-refractivity contribution < 1.29 is 4.79 Å². The van der Waals surface area contributed by atoms with Gasteiger partial charge in [0.15, 0.2) is 0 Å². The molecule has 2 aromatic rings. The molecule has 0 bridgehead atoms. The first kappa shape index (κ1) is 17.4. The molecular weight excluding hydrogens is 312 g/mol. The number of carbonyl (C=O) groups is 1. The van der Waals surface area contributed by atoms with E-state index in [9.17, 15) is 4.79 Å². The number of carbonyl (C=O) groups excluding carboxylic acids is 1. The number of amides is 1. The van der Waals surface area contributed by atoms with Crippen LogP contribution in [0.15, 0.2) is 30.3 Å². The average Bonchev–Trinajstić information content (AvgIpc) is 2.61. The Labute approximate surface area is 149 Å². The third kappa shape index (κ3) is 4.16. The van der Waals surface area contributed by atoms with Gasteiger partial charge in [-0.1, -0.05) is 19.1 Å². The molecule has 1 aliphatic heterocycles. The maximum absolute atomic E-state index is 12.6. The number of anilines is 2. The van der Waals surface area contributed by atoms with Crippen molar-refractivity contribution in [3.05, 3.63) is 47.3 Å². The van der Waals surface area contributed by atoms with E-state index in [2.05, 4.69) is 27.1 Å². The van der Waals surface area contributed by atoms with Gasteiger partial charge in [0.2, 0.25) is 5.95 Å². The highest BCUT2D eigenvalue weighted by Crippen LogP contribution is 2.24. The van der Waals surface area contributed by atoms with Crippen molar-refractivity contribution >= 4 is 17.5 Å². The summed E-state index contributed by atoms with van der Waals surface area (Å²) >= 11 is 0. The Bertz CT molecular complexity index is 759. The zero-order valence-corrected chi connectivity index (χ0v) is 15.2. The summed E-state index contributed by atoms with van der Waals surface area (Å²) < 4.78 is 0. The molecule has 0 aliphatic carbocycles. The molecule has 1 aliphatic rings. The third-order valence-corrected chi connectivity index (χ3v) is 4.71. The number of nitrogens with zero attached hydrogens (tertiary/aromatic N) is 3. The van der Waals surface area contributed by atoms with Crippen LogP contribution < -0.4 is 10.2 Å². The summed E-state index contributed by atoms with van der Waals surface area (Å²) in [5.41, 5.74) is 3.13. The Morgan fingerprint density at radius 1 is 1.24 bits per heavy atom. The number of hydrogen-bond donors (Lipinski definition) is 1. The Hall–Kier alpha value is -2.43. The monoisotopic (exact) mass is 338 g/mol. The van der Waals surface area contributed by atoms with Gasteiger partial charge in [-0.15, -0.1) is 0 Å². The van der Waals surface area contributed by atoms with Gasteiger partial charge in [-0.25, -0.2) is 9.97 Å². The second-order valence-electron chi connectivity index (χ2n) is 6.77. The number of rotatable bonds is 4. The van der Waals surface area contributed by atoms with Gasteiger partial charge in [-0.05, 0) is 63.3 Å². The molecule has 1 fully saturated rings. The zero-order chi connectivity index (χ0) is 17.8. The molecule has 3 rings (SSSR count). The fourth-order valence-corrected chi connectivity index (χ4v) is 3.40. The highest BCUT2D eigenvalue weighted by atomic mass is 16.1. The quantitative estimate of drug-likeness (QED) is 0.911. The van der Waals surface area contributed by atoms with Crippen LogP contribution in [0.4, 0.5) is 11.6 Å². The molecule has 1 aromatic heterocycles. The predicted octanol–water partition coefficient (Wildman–Crippen LogP) is 4.11. The molecule has 0 radical (unpaired) electrons. The lowest BCUT2D eigenvalue weighted by atomic mass is 10.0. The molecule has 1 saturated heterocycles. The minimum atomic E-state index is -0.192. The first-order valence-electron chi connectivity index (χ1n) is 9.07. The number of aryl methyl sites for hydroxylation is 2. The van der Waals surface area contributed by atoms with Gasteiger partial charge in [-0.3, -0.25) is 4.79 Å². The Morgan fingerprint density at radius 2 is 2.08 bits per heavy atom. The summed E-state index contributed by atoms with van der Waals surface area (Å²) in [6.45, 7) is 7.08. The Kier molecular flexibility index (Phi) is 5.31.